The zero-order valence-electron chi connectivity index (χ0n) is 41.7. The lowest BCUT2D eigenvalue weighted by molar-refractivity contribution is 0.662. The second kappa shape index (κ2) is 15.8. The van der Waals surface area contributed by atoms with Crippen LogP contribution in [0.4, 0.5) is 0 Å². The van der Waals surface area contributed by atoms with Gasteiger partial charge in [-0.1, -0.05) is 238 Å². The molecule has 0 radical (unpaired) electrons. The molecule has 0 unspecified atom stereocenters. The van der Waals surface area contributed by atoms with Crippen LogP contribution in [-0.4, -0.2) is 0 Å². The molecule has 0 saturated heterocycles. The first-order valence-electron chi connectivity index (χ1n) is 26.4. The Morgan fingerprint density at radius 1 is 0.200 bits per heavy atom. The van der Waals surface area contributed by atoms with Gasteiger partial charge in [0.15, 0.2) is 0 Å². The zero-order chi connectivity index (χ0) is 49.5. The Hall–Kier alpha value is -9.36. The largest absolute Gasteiger partial charge is 0.0616 e. The Bertz CT molecular complexity index is 4870. The molecule has 16 rings (SSSR count). The Morgan fingerprint density at radius 2 is 0.520 bits per heavy atom. The third-order valence-electron chi connectivity index (χ3n) is 17.2. The predicted octanol–water partition coefficient (Wildman–Crippen LogP) is 21.0. The Morgan fingerprint density at radius 3 is 0.987 bits per heavy atom. The molecule has 1 aliphatic rings. The van der Waals surface area contributed by atoms with E-state index in [1.165, 1.54) is 164 Å². The molecule has 0 spiro atoms. The van der Waals surface area contributed by atoms with Crippen molar-refractivity contribution >= 4 is 97.0 Å². The summed E-state index contributed by atoms with van der Waals surface area (Å²) in [6, 6.07) is 95.9. The quantitative estimate of drug-likeness (QED) is 0.122. The molecule has 0 nitrogen and oxygen atoms in total. The molecule has 0 atom stereocenters. The molecule has 0 aromatic heterocycles. The number of benzene rings is 15. The minimum atomic E-state index is -0.180. The molecule has 0 heteroatoms. The normalized spacial score (nSPS) is 13.0. The van der Waals surface area contributed by atoms with Crippen molar-refractivity contribution < 1.29 is 0 Å². The molecule has 0 amide bonds. The predicted molar refractivity (Wildman–Crippen MR) is 323 cm³/mol. The molecular weight excluding hydrogens is 901 g/mol. The lowest BCUT2D eigenvalue weighted by Crippen LogP contribution is -2.15. The van der Waals surface area contributed by atoms with Gasteiger partial charge in [0, 0.05) is 5.41 Å². The monoisotopic (exact) mass is 948 g/mol. The molecule has 0 saturated carbocycles. The van der Waals surface area contributed by atoms with E-state index in [4.69, 9.17) is 0 Å². The molecular formula is C75H48. The highest BCUT2D eigenvalue weighted by molar-refractivity contribution is 6.29. The molecule has 15 aromatic rings. The van der Waals surface area contributed by atoms with Crippen LogP contribution in [-0.2, 0) is 5.41 Å². The van der Waals surface area contributed by atoms with Gasteiger partial charge in [-0.05, 0) is 194 Å². The average Bonchev–Trinajstić information content (AvgIpc) is 3.78. The Balaban J connectivity index is 0.807. The van der Waals surface area contributed by atoms with Gasteiger partial charge >= 0.3 is 0 Å². The number of hydrogen-bond acceptors (Lipinski definition) is 0. The van der Waals surface area contributed by atoms with E-state index >= 15 is 0 Å². The van der Waals surface area contributed by atoms with E-state index < -0.39 is 0 Å². The molecule has 0 heterocycles. The topological polar surface area (TPSA) is 0 Å². The van der Waals surface area contributed by atoms with E-state index in [-0.39, 0.29) is 5.41 Å². The van der Waals surface area contributed by atoms with Crippen LogP contribution in [0.1, 0.15) is 25.0 Å². The van der Waals surface area contributed by atoms with Gasteiger partial charge in [-0.25, -0.2) is 0 Å². The van der Waals surface area contributed by atoms with Gasteiger partial charge in [0.1, 0.15) is 0 Å². The maximum atomic E-state index is 2.54. The lowest BCUT2D eigenvalue weighted by atomic mass is 9.80. The Kier molecular flexibility index (Phi) is 8.90. The molecule has 15 aromatic carbocycles. The van der Waals surface area contributed by atoms with Crippen molar-refractivity contribution in [2.75, 3.05) is 0 Å². The molecule has 0 bridgehead atoms. The van der Waals surface area contributed by atoms with Gasteiger partial charge in [0.25, 0.3) is 0 Å². The van der Waals surface area contributed by atoms with Crippen LogP contribution in [0.25, 0.3) is 153 Å². The van der Waals surface area contributed by atoms with E-state index in [1.54, 1.807) is 0 Å². The third kappa shape index (κ3) is 6.12. The molecule has 348 valence electrons. The first-order chi connectivity index (χ1) is 37.0. The first-order valence-corrected chi connectivity index (χ1v) is 26.4. The molecule has 1 aliphatic carbocycles. The number of fused-ring (bicyclic) bond motifs is 18. The summed E-state index contributed by atoms with van der Waals surface area (Å²) < 4.78 is 0. The fourth-order valence-electron chi connectivity index (χ4n) is 13.6. The van der Waals surface area contributed by atoms with Gasteiger partial charge < -0.3 is 0 Å². The van der Waals surface area contributed by atoms with Crippen molar-refractivity contribution in [1.82, 2.24) is 0 Å². The Labute approximate surface area is 435 Å². The lowest BCUT2D eigenvalue weighted by Gasteiger charge is -2.23. The molecule has 0 fully saturated rings. The zero-order valence-corrected chi connectivity index (χ0v) is 41.7. The molecule has 75 heavy (non-hydrogen) atoms. The van der Waals surface area contributed by atoms with Crippen molar-refractivity contribution in [2.45, 2.75) is 19.3 Å². The number of rotatable bonds is 4. The van der Waals surface area contributed by atoms with Crippen molar-refractivity contribution in [3.05, 3.63) is 266 Å². The van der Waals surface area contributed by atoms with E-state index in [2.05, 4.69) is 269 Å². The first kappa shape index (κ1) is 42.2. The van der Waals surface area contributed by atoms with Crippen molar-refractivity contribution in [2.24, 2.45) is 0 Å². The summed E-state index contributed by atoms with van der Waals surface area (Å²) in [4.78, 5) is 0. The summed E-state index contributed by atoms with van der Waals surface area (Å²) in [6.45, 7) is 4.85. The summed E-state index contributed by atoms with van der Waals surface area (Å²) in [6.07, 6.45) is 0. The summed E-state index contributed by atoms with van der Waals surface area (Å²) in [5.41, 5.74) is 15.2. The minimum absolute atomic E-state index is 0.180. The van der Waals surface area contributed by atoms with Gasteiger partial charge in [-0.15, -0.1) is 0 Å². The van der Waals surface area contributed by atoms with Crippen LogP contribution in [0.15, 0.2) is 255 Å². The van der Waals surface area contributed by atoms with Crippen molar-refractivity contribution in [3.63, 3.8) is 0 Å². The van der Waals surface area contributed by atoms with E-state index in [9.17, 15) is 0 Å². The van der Waals surface area contributed by atoms with Crippen LogP contribution in [0.3, 0.4) is 0 Å². The van der Waals surface area contributed by atoms with Crippen LogP contribution < -0.4 is 0 Å². The molecule has 0 N–H and O–H groups in total. The van der Waals surface area contributed by atoms with E-state index in [0.29, 0.717) is 0 Å². The second-order valence-electron chi connectivity index (χ2n) is 21.4. The summed E-state index contributed by atoms with van der Waals surface area (Å²) in [5.74, 6) is 0. The highest BCUT2D eigenvalue weighted by Gasteiger charge is 2.37. The van der Waals surface area contributed by atoms with Gasteiger partial charge in [0.2, 0.25) is 0 Å². The summed E-state index contributed by atoms with van der Waals surface area (Å²) >= 11 is 0. The summed E-state index contributed by atoms with van der Waals surface area (Å²) in [5, 5.41) is 23.3. The smallest absolute Gasteiger partial charge is 0.0159 e. The fraction of sp³-hybridized carbons (Fsp3) is 0.0400. The summed E-state index contributed by atoms with van der Waals surface area (Å²) in [7, 11) is 0. The maximum Gasteiger partial charge on any atom is 0.0159 e. The van der Waals surface area contributed by atoms with Crippen LogP contribution in [0, 0.1) is 0 Å². The van der Waals surface area contributed by atoms with Crippen LogP contribution in [0.5, 0.6) is 0 Å². The highest BCUT2D eigenvalue weighted by Crippen LogP contribution is 2.54. The SMILES string of the molecule is CC1(C)c2cc3c4ccccc4c4ccccc4c3cc2-c2cc3c4ccccc4c4cc(-c5ccc(-c6c7ccccc7c(-c7ccc(-c8cccc9ccccc89)cc7)c7ccccc67)cc5)ccc4c3cc21. The van der Waals surface area contributed by atoms with E-state index in [1.807, 2.05) is 0 Å². The number of hydrogen-bond donors (Lipinski definition) is 0. The highest BCUT2D eigenvalue weighted by atomic mass is 14.4. The van der Waals surface area contributed by atoms with Crippen molar-refractivity contribution in [1.29, 1.82) is 0 Å². The third-order valence-corrected chi connectivity index (χ3v) is 17.2. The van der Waals surface area contributed by atoms with Crippen LogP contribution >= 0.6 is 0 Å². The molecule has 0 aliphatic heterocycles. The minimum Gasteiger partial charge on any atom is -0.0616 e. The van der Waals surface area contributed by atoms with Crippen LogP contribution in [0.2, 0.25) is 0 Å². The van der Waals surface area contributed by atoms with Gasteiger partial charge in [-0.2, -0.15) is 0 Å². The van der Waals surface area contributed by atoms with Crippen molar-refractivity contribution in [3.8, 4) is 55.6 Å². The average molecular weight is 949 g/mol. The second-order valence-corrected chi connectivity index (χ2v) is 21.4. The van der Waals surface area contributed by atoms with E-state index in [0.717, 1.165) is 0 Å². The van der Waals surface area contributed by atoms with Gasteiger partial charge in [-0.3, -0.25) is 0 Å². The maximum absolute atomic E-state index is 2.54. The fourth-order valence-corrected chi connectivity index (χ4v) is 13.6. The standard InChI is InChI=1S/C75H48/c1-75(2)71-43-67-56-22-8-6-20-54(56)53-19-5-7-21-55(53)65(67)41-69(71)70-42-66-58-24-10-9-23-57(58)64-40-50(38-39-59(64)68(66)44-72(70)75)45-30-34-48(35-31-45)73-60-25-11-13-27-62(60)74(63-28-14-12-26-61(63)73)49-36-32-47(33-37-49)52-29-15-17-46-16-3-4-18-51(46)52/h3-44H,1-2H3. The van der Waals surface area contributed by atoms with Gasteiger partial charge in [0.05, 0.1) is 0 Å².